The zero-order valence-electron chi connectivity index (χ0n) is 38.7. The van der Waals surface area contributed by atoms with Gasteiger partial charge in [-0.05, 0) is 167 Å². The topological polar surface area (TPSA) is 159 Å². The molecule has 0 heterocycles. The van der Waals surface area contributed by atoms with Crippen LogP contribution in [0.3, 0.4) is 0 Å². The van der Waals surface area contributed by atoms with Gasteiger partial charge in [-0.1, -0.05) is 37.9 Å². The van der Waals surface area contributed by atoms with Crippen molar-refractivity contribution in [1.82, 2.24) is 0 Å². The van der Waals surface area contributed by atoms with Crippen LogP contribution in [0.15, 0.2) is 111 Å². The first-order valence-corrected chi connectivity index (χ1v) is 23.0. The standard InChI is InChI=1S/C54H64O13/c1-5-50(55)63-33-17-11-8-14-30-60-45-25-24-42-38-44(23-22-43(42)39-45)54(59)66-46-26-28-47(40(4)36-46)67-53(58)29-21-41-20-27-48(61-31-15-9-12-18-34-64-51(56)6-2)49(37-41)62-32-16-10-13-19-35-65-52(57)7-3/h5-7,20,22-28,36-39H,1-3,8-19,21,29-35H2,4H3. The SMILES string of the molecule is C=CC(=O)OCCCCCCOc1ccc2cc(C(=O)Oc3ccc(OC(=O)CCc4ccc(OCCCCCCOC(=O)C=C)c(OCCCCCCOC(=O)C=C)c4)c(C)c3)ccc2c1. The van der Waals surface area contributed by atoms with Crippen molar-refractivity contribution < 1.29 is 61.9 Å². The van der Waals surface area contributed by atoms with Gasteiger partial charge in [-0.15, -0.1) is 0 Å². The highest BCUT2D eigenvalue weighted by atomic mass is 16.6. The van der Waals surface area contributed by atoms with Crippen molar-refractivity contribution in [2.75, 3.05) is 39.6 Å². The maximum Gasteiger partial charge on any atom is 0.343 e. The van der Waals surface area contributed by atoms with Gasteiger partial charge in [0.05, 0.1) is 45.2 Å². The summed E-state index contributed by atoms with van der Waals surface area (Å²) >= 11 is 0. The predicted octanol–water partition coefficient (Wildman–Crippen LogP) is 10.9. The van der Waals surface area contributed by atoms with E-state index in [1.807, 2.05) is 42.5 Å². The Hall–Kier alpha value is -6.89. The van der Waals surface area contributed by atoms with Gasteiger partial charge in [-0.25, -0.2) is 19.2 Å². The molecule has 0 aromatic heterocycles. The van der Waals surface area contributed by atoms with Crippen LogP contribution < -0.4 is 23.7 Å². The van der Waals surface area contributed by atoms with E-state index < -0.39 is 29.8 Å². The number of fused-ring (bicyclic) bond motifs is 1. The van der Waals surface area contributed by atoms with E-state index in [2.05, 4.69) is 19.7 Å². The quantitative estimate of drug-likeness (QED) is 0.0146. The molecule has 4 aromatic carbocycles. The van der Waals surface area contributed by atoms with Gasteiger partial charge in [-0.3, -0.25) is 4.79 Å². The summed E-state index contributed by atoms with van der Waals surface area (Å²) in [5.74, 6) is 0.445. The Balaban J connectivity index is 1.23. The maximum atomic E-state index is 13.2. The van der Waals surface area contributed by atoms with Crippen LogP contribution in [0, 0.1) is 6.92 Å². The number of unbranched alkanes of at least 4 members (excludes halogenated alkanes) is 9. The average molecular weight is 921 g/mol. The molecule has 0 aliphatic rings. The molecule has 0 fully saturated rings. The maximum absolute atomic E-state index is 13.2. The molecule has 358 valence electrons. The number of aryl methyl sites for hydroxylation is 2. The second kappa shape index (κ2) is 30.3. The Morgan fingerprint density at radius 2 is 0.955 bits per heavy atom. The Morgan fingerprint density at radius 1 is 0.463 bits per heavy atom. The number of carbonyl (C=O) groups is 5. The van der Waals surface area contributed by atoms with E-state index in [9.17, 15) is 24.0 Å². The number of carbonyl (C=O) groups excluding carboxylic acids is 5. The number of ether oxygens (including phenoxy) is 8. The van der Waals surface area contributed by atoms with Gasteiger partial charge < -0.3 is 37.9 Å². The lowest BCUT2D eigenvalue weighted by Gasteiger charge is -2.15. The summed E-state index contributed by atoms with van der Waals surface area (Å²) in [5.41, 5.74) is 1.90. The van der Waals surface area contributed by atoms with E-state index in [0.29, 0.717) is 80.2 Å². The number of hydrogen-bond donors (Lipinski definition) is 0. The fraction of sp³-hybridized carbons (Fsp3) is 0.389. The molecule has 0 N–H and O–H groups in total. The number of esters is 5. The monoisotopic (exact) mass is 920 g/mol. The Morgan fingerprint density at radius 3 is 1.52 bits per heavy atom. The minimum atomic E-state index is -0.519. The van der Waals surface area contributed by atoms with Crippen LogP contribution in [0.25, 0.3) is 10.8 Å². The van der Waals surface area contributed by atoms with E-state index >= 15 is 0 Å². The van der Waals surface area contributed by atoms with Crippen molar-refractivity contribution in [1.29, 1.82) is 0 Å². The van der Waals surface area contributed by atoms with Crippen LogP contribution in [-0.4, -0.2) is 69.5 Å². The fourth-order valence-corrected chi connectivity index (χ4v) is 6.69. The fourth-order valence-electron chi connectivity index (χ4n) is 6.69. The van der Waals surface area contributed by atoms with Crippen molar-refractivity contribution in [2.45, 2.75) is 96.8 Å². The molecule has 67 heavy (non-hydrogen) atoms. The highest BCUT2D eigenvalue weighted by molar-refractivity contribution is 5.96. The first-order valence-electron chi connectivity index (χ1n) is 23.0. The minimum Gasteiger partial charge on any atom is -0.494 e. The molecule has 0 aliphatic heterocycles. The third-order valence-electron chi connectivity index (χ3n) is 10.4. The summed E-state index contributed by atoms with van der Waals surface area (Å²) in [5, 5.41) is 1.79. The van der Waals surface area contributed by atoms with Gasteiger partial charge in [0, 0.05) is 24.6 Å². The molecular weight excluding hydrogens is 857 g/mol. The molecule has 13 nitrogen and oxygen atoms in total. The second-order valence-electron chi connectivity index (χ2n) is 15.7. The van der Waals surface area contributed by atoms with E-state index in [0.717, 1.165) is 117 Å². The minimum absolute atomic E-state index is 0.113. The summed E-state index contributed by atoms with van der Waals surface area (Å²) < 4.78 is 44.7. The first kappa shape index (κ1) is 52.7. The lowest BCUT2D eigenvalue weighted by atomic mass is 10.1. The zero-order valence-corrected chi connectivity index (χ0v) is 38.7. The van der Waals surface area contributed by atoms with Crippen LogP contribution in [0.4, 0.5) is 0 Å². The van der Waals surface area contributed by atoms with Crippen molar-refractivity contribution >= 4 is 40.6 Å². The highest BCUT2D eigenvalue weighted by Crippen LogP contribution is 2.31. The summed E-state index contributed by atoms with van der Waals surface area (Å²) in [6, 6.07) is 21.6. The van der Waals surface area contributed by atoms with Gasteiger partial charge in [0.1, 0.15) is 17.2 Å². The van der Waals surface area contributed by atoms with Crippen molar-refractivity contribution in [3.05, 3.63) is 127 Å². The van der Waals surface area contributed by atoms with Gasteiger partial charge in [0.2, 0.25) is 0 Å². The normalized spacial score (nSPS) is 10.6. The Kier molecular flexibility index (Phi) is 23.9. The smallest absolute Gasteiger partial charge is 0.343 e. The molecule has 4 aromatic rings. The second-order valence-corrected chi connectivity index (χ2v) is 15.7. The van der Waals surface area contributed by atoms with Crippen molar-refractivity contribution in [3.63, 3.8) is 0 Å². The molecule has 4 rings (SSSR count). The van der Waals surface area contributed by atoms with Crippen LogP contribution in [0.2, 0.25) is 0 Å². The molecular formula is C54H64O13. The van der Waals surface area contributed by atoms with Gasteiger partial charge in [0.25, 0.3) is 0 Å². The summed E-state index contributed by atoms with van der Waals surface area (Å²) in [6.07, 6.45) is 14.3. The molecule has 0 spiro atoms. The Labute approximate surface area is 394 Å². The van der Waals surface area contributed by atoms with Crippen LogP contribution in [0.1, 0.15) is 105 Å². The van der Waals surface area contributed by atoms with E-state index in [1.165, 1.54) is 0 Å². The molecule has 0 aliphatic carbocycles. The van der Waals surface area contributed by atoms with Gasteiger partial charge >= 0.3 is 29.8 Å². The Bertz CT molecular complexity index is 2260. The van der Waals surface area contributed by atoms with E-state index in [4.69, 9.17) is 37.9 Å². The molecule has 0 radical (unpaired) electrons. The predicted molar refractivity (Wildman–Crippen MR) is 256 cm³/mol. The average Bonchev–Trinajstić information content (AvgIpc) is 3.33. The number of benzene rings is 4. The zero-order chi connectivity index (χ0) is 48.1. The molecule has 0 saturated heterocycles. The van der Waals surface area contributed by atoms with E-state index in [1.54, 1.807) is 37.3 Å². The number of hydrogen-bond acceptors (Lipinski definition) is 13. The largest absolute Gasteiger partial charge is 0.494 e. The lowest BCUT2D eigenvalue weighted by molar-refractivity contribution is -0.138. The van der Waals surface area contributed by atoms with Gasteiger partial charge in [-0.2, -0.15) is 0 Å². The lowest BCUT2D eigenvalue weighted by Crippen LogP contribution is -2.11. The van der Waals surface area contributed by atoms with Crippen molar-refractivity contribution in [3.8, 4) is 28.7 Å². The molecule has 0 saturated carbocycles. The molecule has 0 bridgehead atoms. The van der Waals surface area contributed by atoms with Crippen molar-refractivity contribution in [2.24, 2.45) is 0 Å². The molecule has 13 heteroatoms. The summed E-state index contributed by atoms with van der Waals surface area (Å²) in [7, 11) is 0. The van der Waals surface area contributed by atoms with Crippen LogP contribution in [-0.2, 0) is 39.8 Å². The molecule has 0 amide bonds. The highest BCUT2D eigenvalue weighted by Gasteiger charge is 2.15. The first-order chi connectivity index (χ1) is 32.6. The summed E-state index contributed by atoms with van der Waals surface area (Å²) in [6.45, 7) is 14.6. The molecule has 0 unspecified atom stereocenters. The third-order valence-corrected chi connectivity index (χ3v) is 10.4. The van der Waals surface area contributed by atoms with E-state index in [-0.39, 0.29) is 6.42 Å². The van der Waals surface area contributed by atoms with Gasteiger partial charge in [0.15, 0.2) is 11.5 Å². The summed E-state index contributed by atoms with van der Waals surface area (Å²) in [4.78, 5) is 59.8. The molecule has 0 atom stereocenters. The van der Waals surface area contributed by atoms with Crippen LogP contribution in [0.5, 0.6) is 28.7 Å². The third kappa shape index (κ3) is 20.4. The van der Waals surface area contributed by atoms with Crippen LogP contribution >= 0.6 is 0 Å². The number of rotatable bonds is 33.